The van der Waals surface area contributed by atoms with Crippen molar-refractivity contribution < 1.29 is 9.69 Å². The number of likely N-dealkylation sites (N-methyl/N-ethyl adjacent to an activating group) is 1. The average molecular weight is 289 g/mol. The number of carbonyl (C=O) groups is 1. The van der Waals surface area contributed by atoms with Gasteiger partial charge in [0.2, 0.25) is 0 Å². The molecule has 3 nitrogen and oxygen atoms in total. The standard InChI is InChI=1S/C18H28N2O/c1-3-20(4-2)14-17(21)19-15-18(12-8-9-13-18)16-10-6-5-7-11-16/h5-7,10-11H,3-4,8-9,12-15H2,1-2H3,(H,19,21)/p+1. The molecule has 0 aromatic heterocycles. The first-order chi connectivity index (χ1) is 10.2. The molecule has 1 fully saturated rings. The predicted molar refractivity (Wildman–Crippen MR) is 86.5 cm³/mol. The maximum absolute atomic E-state index is 12.2. The zero-order chi connectivity index (χ0) is 15.1. The highest BCUT2D eigenvalue weighted by atomic mass is 16.2. The summed E-state index contributed by atoms with van der Waals surface area (Å²) in [5.74, 6) is 0.191. The van der Waals surface area contributed by atoms with Gasteiger partial charge in [0.1, 0.15) is 0 Å². The first kappa shape index (κ1) is 16.0. The minimum absolute atomic E-state index is 0.162. The molecule has 1 aliphatic rings. The number of nitrogens with one attached hydrogen (secondary N) is 2. The smallest absolute Gasteiger partial charge is 0.275 e. The molecular weight excluding hydrogens is 260 g/mol. The van der Waals surface area contributed by atoms with Crippen molar-refractivity contribution in [1.82, 2.24) is 5.32 Å². The molecule has 0 aliphatic heterocycles. The van der Waals surface area contributed by atoms with Crippen LogP contribution in [0.1, 0.15) is 45.1 Å². The van der Waals surface area contributed by atoms with Gasteiger partial charge in [-0.25, -0.2) is 0 Å². The summed E-state index contributed by atoms with van der Waals surface area (Å²) in [6.07, 6.45) is 4.92. The van der Waals surface area contributed by atoms with Crippen molar-refractivity contribution in [2.45, 2.75) is 44.9 Å². The molecule has 1 amide bonds. The number of rotatable bonds is 7. The molecule has 0 atom stereocenters. The van der Waals surface area contributed by atoms with Crippen molar-refractivity contribution in [3.63, 3.8) is 0 Å². The first-order valence-electron chi connectivity index (χ1n) is 8.36. The third kappa shape index (κ3) is 4.07. The zero-order valence-electron chi connectivity index (χ0n) is 13.5. The quantitative estimate of drug-likeness (QED) is 0.784. The van der Waals surface area contributed by atoms with Gasteiger partial charge in [0.15, 0.2) is 6.54 Å². The summed E-state index contributed by atoms with van der Waals surface area (Å²) in [5, 5.41) is 3.20. The van der Waals surface area contributed by atoms with Gasteiger partial charge in [0.25, 0.3) is 5.91 Å². The van der Waals surface area contributed by atoms with Gasteiger partial charge in [-0.3, -0.25) is 4.79 Å². The summed E-state index contributed by atoms with van der Waals surface area (Å²) in [5.41, 5.74) is 1.55. The predicted octanol–water partition coefficient (Wildman–Crippen LogP) is 1.54. The van der Waals surface area contributed by atoms with Crippen LogP contribution < -0.4 is 10.2 Å². The lowest BCUT2D eigenvalue weighted by atomic mass is 9.79. The Morgan fingerprint density at radius 1 is 1.14 bits per heavy atom. The van der Waals surface area contributed by atoms with Crippen molar-refractivity contribution in [2.75, 3.05) is 26.2 Å². The van der Waals surface area contributed by atoms with Gasteiger partial charge in [-0.05, 0) is 32.3 Å². The minimum atomic E-state index is 0.162. The summed E-state index contributed by atoms with van der Waals surface area (Å²) < 4.78 is 0. The first-order valence-corrected chi connectivity index (χ1v) is 8.36. The summed E-state index contributed by atoms with van der Waals surface area (Å²) in [6, 6.07) is 10.7. The van der Waals surface area contributed by atoms with E-state index in [1.54, 1.807) is 0 Å². The van der Waals surface area contributed by atoms with E-state index in [2.05, 4.69) is 49.5 Å². The highest BCUT2D eigenvalue weighted by Gasteiger charge is 2.35. The van der Waals surface area contributed by atoms with Gasteiger partial charge < -0.3 is 10.2 Å². The van der Waals surface area contributed by atoms with Crippen LogP contribution in [0.5, 0.6) is 0 Å². The van der Waals surface area contributed by atoms with Gasteiger partial charge in [-0.2, -0.15) is 0 Å². The van der Waals surface area contributed by atoms with Crippen LogP contribution in [0, 0.1) is 0 Å². The van der Waals surface area contributed by atoms with E-state index >= 15 is 0 Å². The fraction of sp³-hybridized carbons (Fsp3) is 0.611. The minimum Gasteiger partial charge on any atom is -0.350 e. The van der Waals surface area contributed by atoms with E-state index in [9.17, 15) is 4.79 Å². The van der Waals surface area contributed by atoms with E-state index in [0.717, 1.165) is 19.6 Å². The number of quaternary nitrogens is 1. The second-order valence-corrected chi connectivity index (χ2v) is 6.26. The van der Waals surface area contributed by atoms with Crippen LogP contribution in [0.2, 0.25) is 0 Å². The second kappa shape index (κ2) is 7.60. The molecule has 1 aromatic carbocycles. The van der Waals surface area contributed by atoms with Crippen molar-refractivity contribution >= 4 is 5.91 Å². The van der Waals surface area contributed by atoms with E-state index in [0.29, 0.717) is 6.54 Å². The Morgan fingerprint density at radius 3 is 2.33 bits per heavy atom. The largest absolute Gasteiger partial charge is 0.350 e. The molecule has 0 bridgehead atoms. The SMILES string of the molecule is CC[NH+](CC)CC(=O)NCC1(c2ccccc2)CCCC1. The van der Waals surface area contributed by atoms with Crippen LogP contribution in [0.25, 0.3) is 0 Å². The fourth-order valence-corrected chi connectivity index (χ4v) is 3.47. The van der Waals surface area contributed by atoms with Gasteiger partial charge in [-0.15, -0.1) is 0 Å². The monoisotopic (exact) mass is 289 g/mol. The van der Waals surface area contributed by atoms with Gasteiger partial charge in [-0.1, -0.05) is 43.2 Å². The van der Waals surface area contributed by atoms with Crippen LogP contribution in [-0.4, -0.2) is 32.1 Å². The molecule has 116 valence electrons. The lowest BCUT2D eigenvalue weighted by Crippen LogP contribution is -3.12. The van der Waals surface area contributed by atoms with Crippen LogP contribution in [0.3, 0.4) is 0 Å². The van der Waals surface area contributed by atoms with Crippen LogP contribution >= 0.6 is 0 Å². The summed E-state index contributed by atoms with van der Waals surface area (Å²) in [7, 11) is 0. The Balaban J connectivity index is 1.97. The Labute approximate surface area is 128 Å². The molecule has 0 unspecified atom stereocenters. The molecule has 2 rings (SSSR count). The second-order valence-electron chi connectivity index (χ2n) is 6.26. The normalized spacial score (nSPS) is 17.1. The molecule has 0 heterocycles. The van der Waals surface area contributed by atoms with Crippen LogP contribution in [0.4, 0.5) is 0 Å². The molecule has 0 saturated heterocycles. The van der Waals surface area contributed by atoms with E-state index in [1.807, 2.05) is 0 Å². The van der Waals surface area contributed by atoms with Crippen molar-refractivity contribution in [3.8, 4) is 0 Å². The van der Waals surface area contributed by atoms with Crippen molar-refractivity contribution in [3.05, 3.63) is 35.9 Å². The molecular formula is C18H29N2O+. The molecule has 1 saturated carbocycles. The highest BCUT2D eigenvalue weighted by Crippen LogP contribution is 2.40. The molecule has 21 heavy (non-hydrogen) atoms. The Bertz CT molecular complexity index is 434. The summed E-state index contributed by atoms with van der Waals surface area (Å²) in [4.78, 5) is 13.5. The zero-order valence-corrected chi connectivity index (χ0v) is 13.5. The molecule has 0 spiro atoms. The molecule has 0 radical (unpaired) electrons. The number of amides is 1. The Kier molecular flexibility index (Phi) is 5.80. The van der Waals surface area contributed by atoms with Gasteiger partial charge in [0, 0.05) is 12.0 Å². The maximum Gasteiger partial charge on any atom is 0.275 e. The third-order valence-corrected chi connectivity index (χ3v) is 4.98. The number of benzene rings is 1. The summed E-state index contributed by atoms with van der Waals surface area (Å²) in [6.45, 7) is 7.67. The van der Waals surface area contributed by atoms with Crippen molar-refractivity contribution in [2.24, 2.45) is 0 Å². The average Bonchev–Trinajstić information content (AvgIpc) is 3.01. The number of hydrogen-bond donors (Lipinski definition) is 2. The Morgan fingerprint density at radius 2 is 1.76 bits per heavy atom. The number of hydrogen-bond acceptors (Lipinski definition) is 1. The van der Waals surface area contributed by atoms with Gasteiger partial charge in [0.05, 0.1) is 13.1 Å². The molecule has 1 aromatic rings. The highest BCUT2D eigenvalue weighted by molar-refractivity contribution is 5.77. The molecule has 2 N–H and O–H groups in total. The summed E-state index contributed by atoms with van der Waals surface area (Å²) >= 11 is 0. The topological polar surface area (TPSA) is 33.5 Å². The number of carbonyl (C=O) groups excluding carboxylic acids is 1. The molecule has 1 aliphatic carbocycles. The fourth-order valence-electron chi connectivity index (χ4n) is 3.47. The van der Waals surface area contributed by atoms with Crippen molar-refractivity contribution in [1.29, 1.82) is 0 Å². The maximum atomic E-state index is 12.2. The van der Waals surface area contributed by atoms with E-state index in [-0.39, 0.29) is 11.3 Å². The lowest BCUT2D eigenvalue weighted by molar-refractivity contribution is -0.888. The Hall–Kier alpha value is -1.35. The van der Waals surface area contributed by atoms with E-state index < -0.39 is 0 Å². The van der Waals surface area contributed by atoms with E-state index in [1.165, 1.54) is 36.1 Å². The van der Waals surface area contributed by atoms with E-state index in [4.69, 9.17) is 0 Å². The van der Waals surface area contributed by atoms with Gasteiger partial charge >= 0.3 is 0 Å². The van der Waals surface area contributed by atoms with Crippen LogP contribution in [0.15, 0.2) is 30.3 Å². The third-order valence-electron chi connectivity index (χ3n) is 4.98. The lowest BCUT2D eigenvalue weighted by Gasteiger charge is -2.30. The van der Waals surface area contributed by atoms with Crippen LogP contribution in [-0.2, 0) is 10.2 Å². The molecule has 3 heteroatoms.